The van der Waals surface area contributed by atoms with Gasteiger partial charge in [-0.1, -0.05) is 25.8 Å². The van der Waals surface area contributed by atoms with Gasteiger partial charge in [-0.2, -0.15) is 0 Å². The maximum absolute atomic E-state index is 5.97. The van der Waals surface area contributed by atoms with E-state index < -0.39 is 0 Å². The van der Waals surface area contributed by atoms with E-state index in [2.05, 4.69) is 18.0 Å². The lowest BCUT2D eigenvalue weighted by molar-refractivity contribution is 0.590. The highest BCUT2D eigenvalue weighted by Gasteiger charge is 2.05. The quantitative estimate of drug-likeness (QED) is 0.769. The van der Waals surface area contributed by atoms with E-state index in [0.717, 1.165) is 12.1 Å². The van der Waals surface area contributed by atoms with Crippen molar-refractivity contribution >= 4 is 0 Å². The average Bonchev–Trinajstić information content (AvgIpc) is 2.15. The van der Waals surface area contributed by atoms with Crippen molar-refractivity contribution in [3.63, 3.8) is 0 Å². The van der Waals surface area contributed by atoms with Gasteiger partial charge in [-0.25, -0.2) is 0 Å². The number of nitrogens with zero attached hydrogens (tertiary/aromatic N) is 1. The maximum Gasteiger partial charge on any atom is 0.0571 e. The Labute approximate surface area is 80.2 Å². The molecule has 0 aliphatic carbocycles. The highest BCUT2D eigenvalue weighted by atomic mass is 14.8. The molecular formula is C11H18N2. The highest BCUT2D eigenvalue weighted by molar-refractivity contribution is 5.14. The van der Waals surface area contributed by atoms with E-state index >= 15 is 0 Å². The summed E-state index contributed by atoms with van der Waals surface area (Å²) in [5.74, 6) is 0. The van der Waals surface area contributed by atoms with Crippen LogP contribution in [0, 0.1) is 6.92 Å². The maximum atomic E-state index is 5.97. The largest absolute Gasteiger partial charge is 0.323 e. The van der Waals surface area contributed by atoms with Crippen molar-refractivity contribution in [1.29, 1.82) is 0 Å². The van der Waals surface area contributed by atoms with E-state index in [1.165, 1.54) is 18.4 Å². The smallest absolute Gasteiger partial charge is 0.0571 e. The van der Waals surface area contributed by atoms with Gasteiger partial charge in [-0.15, -0.1) is 0 Å². The Balaban J connectivity index is 2.55. The molecule has 0 bridgehead atoms. The summed E-state index contributed by atoms with van der Waals surface area (Å²) in [6.07, 6.45) is 5.28. The third-order valence-corrected chi connectivity index (χ3v) is 2.18. The Kier molecular flexibility index (Phi) is 3.90. The number of aromatic nitrogens is 1. The molecule has 1 aromatic heterocycles. The van der Waals surface area contributed by atoms with Crippen molar-refractivity contribution in [2.75, 3.05) is 0 Å². The number of unbranched alkanes of at least 4 members (excludes halogenated alkanes) is 1. The molecule has 2 heteroatoms. The Morgan fingerprint density at radius 1 is 1.46 bits per heavy atom. The molecule has 2 nitrogen and oxygen atoms in total. The van der Waals surface area contributed by atoms with Gasteiger partial charge >= 0.3 is 0 Å². The van der Waals surface area contributed by atoms with Crippen LogP contribution in [0.25, 0.3) is 0 Å². The molecule has 0 radical (unpaired) electrons. The van der Waals surface area contributed by atoms with Crippen LogP contribution >= 0.6 is 0 Å². The highest BCUT2D eigenvalue weighted by Crippen LogP contribution is 2.14. The Hall–Kier alpha value is -0.890. The first-order valence-electron chi connectivity index (χ1n) is 4.92. The summed E-state index contributed by atoms with van der Waals surface area (Å²) in [5, 5.41) is 0. The van der Waals surface area contributed by atoms with Crippen LogP contribution < -0.4 is 5.73 Å². The first-order chi connectivity index (χ1) is 6.24. The van der Waals surface area contributed by atoms with Gasteiger partial charge in [0.1, 0.15) is 0 Å². The van der Waals surface area contributed by atoms with Crippen LogP contribution in [-0.4, -0.2) is 4.98 Å². The fraction of sp³-hybridized carbons (Fsp3) is 0.545. The lowest BCUT2D eigenvalue weighted by Crippen LogP contribution is -2.11. The molecule has 0 aliphatic rings. The summed E-state index contributed by atoms with van der Waals surface area (Å²) < 4.78 is 0. The fourth-order valence-corrected chi connectivity index (χ4v) is 1.27. The third-order valence-electron chi connectivity index (χ3n) is 2.18. The van der Waals surface area contributed by atoms with Gasteiger partial charge in [0, 0.05) is 12.2 Å². The van der Waals surface area contributed by atoms with E-state index in [4.69, 9.17) is 5.73 Å². The van der Waals surface area contributed by atoms with Crippen LogP contribution in [0.5, 0.6) is 0 Å². The molecule has 13 heavy (non-hydrogen) atoms. The third kappa shape index (κ3) is 3.15. The predicted octanol–water partition coefficient (Wildman–Crippen LogP) is 2.58. The van der Waals surface area contributed by atoms with Gasteiger partial charge in [-0.3, -0.25) is 4.98 Å². The van der Waals surface area contributed by atoms with Crippen LogP contribution in [0.2, 0.25) is 0 Å². The molecule has 0 fully saturated rings. The van der Waals surface area contributed by atoms with Crippen LogP contribution in [0.3, 0.4) is 0 Å². The lowest BCUT2D eigenvalue weighted by atomic mass is 10.1. The summed E-state index contributed by atoms with van der Waals surface area (Å²) in [6.45, 7) is 4.21. The molecule has 1 rings (SSSR count). The number of rotatable bonds is 4. The molecule has 0 unspecified atom stereocenters. The van der Waals surface area contributed by atoms with Gasteiger partial charge in [0.15, 0.2) is 0 Å². The van der Waals surface area contributed by atoms with Crippen LogP contribution in [0.4, 0.5) is 0 Å². The molecule has 0 aromatic carbocycles. The second-order valence-electron chi connectivity index (χ2n) is 3.51. The molecule has 0 spiro atoms. The number of aryl methyl sites for hydroxylation is 1. The summed E-state index contributed by atoms with van der Waals surface area (Å²) in [5.41, 5.74) is 8.17. The van der Waals surface area contributed by atoms with Gasteiger partial charge in [0.2, 0.25) is 0 Å². The monoisotopic (exact) mass is 178 g/mol. The molecule has 0 saturated carbocycles. The second-order valence-corrected chi connectivity index (χ2v) is 3.51. The predicted molar refractivity (Wildman–Crippen MR) is 55.4 cm³/mol. The van der Waals surface area contributed by atoms with E-state index in [0.29, 0.717) is 0 Å². The molecule has 0 saturated heterocycles. The number of hydrogen-bond donors (Lipinski definition) is 1. The first-order valence-corrected chi connectivity index (χ1v) is 4.92. The van der Waals surface area contributed by atoms with E-state index in [9.17, 15) is 0 Å². The molecule has 72 valence electrons. The van der Waals surface area contributed by atoms with Crippen molar-refractivity contribution in [2.45, 2.75) is 39.2 Å². The Morgan fingerprint density at radius 2 is 2.23 bits per heavy atom. The minimum absolute atomic E-state index is 0.112. The fourth-order valence-electron chi connectivity index (χ4n) is 1.27. The van der Waals surface area contributed by atoms with Crippen molar-refractivity contribution in [3.05, 3.63) is 29.6 Å². The number of hydrogen-bond acceptors (Lipinski definition) is 2. The second kappa shape index (κ2) is 4.97. The van der Waals surface area contributed by atoms with E-state index in [1.807, 2.05) is 19.2 Å². The summed E-state index contributed by atoms with van der Waals surface area (Å²) >= 11 is 0. The Bertz CT molecular complexity index is 241. The molecular weight excluding hydrogens is 160 g/mol. The van der Waals surface area contributed by atoms with Crippen LogP contribution in [-0.2, 0) is 0 Å². The average molecular weight is 178 g/mol. The summed E-state index contributed by atoms with van der Waals surface area (Å²) in [6, 6.07) is 4.20. The summed E-state index contributed by atoms with van der Waals surface area (Å²) in [4.78, 5) is 4.31. The van der Waals surface area contributed by atoms with Gasteiger partial charge < -0.3 is 5.73 Å². The summed E-state index contributed by atoms with van der Waals surface area (Å²) in [7, 11) is 0. The molecule has 1 aromatic rings. The van der Waals surface area contributed by atoms with Crippen LogP contribution in [0.1, 0.15) is 43.5 Å². The first kappa shape index (κ1) is 10.2. The normalized spacial score (nSPS) is 12.8. The minimum Gasteiger partial charge on any atom is -0.323 e. The zero-order valence-electron chi connectivity index (χ0n) is 8.46. The molecule has 1 atom stereocenters. The molecule has 0 aliphatic heterocycles. The van der Waals surface area contributed by atoms with Gasteiger partial charge in [0.05, 0.1) is 5.69 Å². The van der Waals surface area contributed by atoms with E-state index in [-0.39, 0.29) is 6.04 Å². The van der Waals surface area contributed by atoms with Crippen LogP contribution in [0.15, 0.2) is 18.3 Å². The van der Waals surface area contributed by atoms with Crippen molar-refractivity contribution < 1.29 is 0 Å². The molecule has 2 N–H and O–H groups in total. The topological polar surface area (TPSA) is 38.9 Å². The van der Waals surface area contributed by atoms with Crippen molar-refractivity contribution in [1.82, 2.24) is 4.98 Å². The van der Waals surface area contributed by atoms with Crippen molar-refractivity contribution in [2.24, 2.45) is 5.73 Å². The molecule has 0 amide bonds. The van der Waals surface area contributed by atoms with Crippen molar-refractivity contribution in [3.8, 4) is 0 Å². The Morgan fingerprint density at radius 3 is 2.77 bits per heavy atom. The number of pyridine rings is 1. The standard InChI is InChI=1S/C11H18N2/c1-3-4-5-10(12)11-7-6-9(2)8-13-11/h6-8,10H,3-5,12H2,1-2H3/t10-/m0/s1. The van der Waals surface area contributed by atoms with Gasteiger partial charge in [-0.05, 0) is 25.0 Å². The minimum atomic E-state index is 0.112. The SMILES string of the molecule is CCCC[C@H](N)c1ccc(C)cn1. The zero-order valence-corrected chi connectivity index (χ0v) is 8.46. The van der Waals surface area contributed by atoms with E-state index in [1.54, 1.807) is 0 Å². The number of nitrogens with two attached hydrogens (primary N) is 1. The van der Waals surface area contributed by atoms with Gasteiger partial charge in [0.25, 0.3) is 0 Å². The zero-order chi connectivity index (χ0) is 9.68. The lowest BCUT2D eigenvalue weighted by Gasteiger charge is -2.09. The molecule has 1 heterocycles.